The van der Waals surface area contributed by atoms with E-state index in [9.17, 15) is 10.1 Å². The van der Waals surface area contributed by atoms with E-state index in [0.29, 0.717) is 5.56 Å². The van der Waals surface area contributed by atoms with Crippen LogP contribution in [0.15, 0.2) is 12.1 Å². The molecule has 13 heavy (non-hydrogen) atoms. The van der Waals surface area contributed by atoms with Gasteiger partial charge in [-0.2, -0.15) is 5.26 Å². The molecule has 1 aromatic carbocycles. The Balaban J connectivity index is 3.41. The van der Waals surface area contributed by atoms with Crippen LogP contribution >= 0.6 is 0 Å². The predicted octanol–water partition coefficient (Wildman–Crippen LogP) is 0.0333. The first-order valence-electron chi connectivity index (χ1n) is 3.72. The van der Waals surface area contributed by atoms with Gasteiger partial charge in [0.15, 0.2) is 0 Å². The van der Waals surface area contributed by atoms with Crippen molar-refractivity contribution in [1.29, 1.82) is 5.26 Å². The molecular weight excluding hydrogens is 167 g/mol. The van der Waals surface area contributed by atoms with Crippen molar-refractivity contribution < 1.29 is 4.92 Å². The summed E-state index contributed by atoms with van der Waals surface area (Å²) in [6.45, 7) is 1.78. The minimum Gasteiger partial charge on any atom is -0.258 e. The molecule has 0 heterocycles. The number of non-ortho nitro benzene ring substituents is 1. The van der Waals surface area contributed by atoms with E-state index in [1.54, 1.807) is 14.8 Å². The fraction of sp³-hybridized carbons (Fsp3) is 0.125. The van der Waals surface area contributed by atoms with Gasteiger partial charge in [0.2, 0.25) is 0 Å². The van der Waals surface area contributed by atoms with Gasteiger partial charge < -0.3 is 0 Å². The van der Waals surface area contributed by atoms with E-state index in [-0.39, 0.29) is 5.69 Å². The summed E-state index contributed by atoms with van der Waals surface area (Å²) < 4.78 is 0. The third-order valence-corrected chi connectivity index (χ3v) is 1.98. The van der Waals surface area contributed by atoms with Gasteiger partial charge in [0, 0.05) is 12.1 Å². The Morgan fingerprint density at radius 1 is 1.62 bits per heavy atom. The zero-order valence-corrected chi connectivity index (χ0v) is 7.37. The Bertz CT molecular complexity index is 409. The highest BCUT2D eigenvalue weighted by molar-refractivity contribution is 6.33. The van der Waals surface area contributed by atoms with Gasteiger partial charge in [-0.25, -0.2) is 0 Å². The molecular formula is C8H7BN2O2. The largest absolute Gasteiger partial charge is 0.270 e. The number of rotatable bonds is 1. The molecule has 64 valence electrons. The molecule has 1 aromatic rings. The molecule has 5 heteroatoms. The monoisotopic (exact) mass is 174 g/mol. The van der Waals surface area contributed by atoms with E-state index in [4.69, 9.17) is 5.26 Å². The van der Waals surface area contributed by atoms with Gasteiger partial charge in [0.05, 0.1) is 16.6 Å². The van der Waals surface area contributed by atoms with Gasteiger partial charge in [-0.1, -0.05) is 5.46 Å². The molecule has 0 saturated heterocycles. The predicted molar refractivity (Wildman–Crippen MR) is 50.7 cm³/mol. The molecule has 0 fully saturated rings. The average Bonchev–Trinajstić information content (AvgIpc) is 2.09. The van der Waals surface area contributed by atoms with Crippen molar-refractivity contribution in [3.8, 4) is 6.07 Å². The van der Waals surface area contributed by atoms with Crippen LogP contribution in [0, 0.1) is 28.4 Å². The second-order valence-electron chi connectivity index (χ2n) is 2.80. The highest BCUT2D eigenvalue weighted by Crippen LogP contribution is 2.13. The highest BCUT2D eigenvalue weighted by Gasteiger charge is 2.10. The minimum absolute atomic E-state index is 0.0281. The molecule has 0 aliphatic carbocycles. The molecule has 0 radical (unpaired) electrons. The van der Waals surface area contributed by atoms with Crippen LogP contribution < -0.4 is 5.46 Å². The van der Waals surface area contributed by atoms with E-state index in [1.165, 1.54) is 12.1 Å². The van der Waals surface area contributed by atoms with Crippen molar-refractivity contribution >= 4 is 19.0 Å². The Morgan fingerprint density at radius 2 is 2.23 bits per heavy atom. The van der Waals surface area contributed by atoms with Gasteiger partial charge in [0.25, 0.3) is 5.69 Å². The first-order chi connectivity index (χ1) is 6.06. The Kier molecular flexibility index (Phi) is 2.33. The molecule has 1 rings (SSSR count). The van der Waals surface area contributed by atoms with Gasteiger partial charge in [-0.3, -0.25) is 10.1 Å². The molecule has 0 amide bonds. The van der Waals surface area contributed by atoms with Crippen molar-refractivity contribution in [1.82, 2.24) is 0 Å². The maximum Gasteiger partial charge on any atom is 0.270 e. The number of nitriles is 1. The van der Waals surface area contributed by atoms with Gasteiger partial charge in [-0.05, 0) is 12.5 Å². The molecule has 0 aromatic heterocycles. The van der Waals surface area contributed by atoms with E-state index in [2.05, 4.69) is 0 Å². The maximum absolute atomic E-state index is 10.4. The van der Waals surface area contributed by atoms with Crippen molar-refractivity contribution in [3.63, 3.8) is 0 Å². The maximum atomic E-state index is 10.4. The smallest absolute Gasteiger partial charge is 0.258 e. The molecule has 0 saturated carbocycles. The fourth-order valence-electron chi connectivity index (χ4n) is 1.06. The van der Waals surface area contributed by atoms with Crippen LogP contribution in [-0.4, -0.2) is 12.8 Å². The standard InChI is InChI=1S/C8H7BN2O2/c1-5-6(4-10)2-7(11(12)13)3-8(5)9/h2-3H,9H2,1H3. The Labute approximate surface area is 76.4 Å². The Morgan fingerprint density at radius 3 is 2.69 bits per heavy atom. The molecule has 4 nitrogen and oxygen atoms in total. The third-order valence-electron chi connectivity index (χ3n) is 1.98. The number of nitrogens with zero attached hydrogens (tertiary/aromatic N) is 2. The number of hydrogen-bond acceptors (Lipinski definition) is 3. The topological polar surface area (TPSA) is 66.9 Å². The van der Waals surface area contributed by atoms with Gasteiger partial charge in [-0.15, -0.1) is 0 Å². The summed E-state index contributed by atoms with van der Waals surface area (Å²) in [6, 6.07) is 4.69. The highest BCUT2D eigenvalue weighted by atomic mass is 16.6. The summed E-state index contributed by atoms with van der Waals surface area (Å²) >= 11 is 0. The van der Waals surface area contributed by atoms with Crippen molar-refractivity contribution in [2.24, 2.45) is 0 Å². The van der Waals surface area contributed by atoms with E-state index >= 15 is 0 Å². The van der Waals surface area contributed by atoms with Gasteiger partial charge in [0.1, 0.15) is 7.85 Å². The molecule has 0 bridgehead atoms. The lowest BCUT2D eigenvalue weighted by Gasteiger charge is -2.01. The lowest BCUT2D eigenvalue weighted by molar-refractivity contribution is -0.384. The van der Waals surface area contributed by atoms with Crippen LogP contribution in [0.1, 0.15) is 11.1 Å². The van der Waals surface area contributed by atoms with E-state index in [0.717, 1.165) is 11.0 Å². The molecule has 0 spiro atoms. The summed E-state index contributed by atoms with van der Waals surface area (Å²) in [6.07, 6.45) is 0. The number of nitro benzene ring substituents is 1. The molecule has 0 atom stereocenters. The number of nitro groups is 1. The van der Waals surface area contributed by atoms with Crippen molar-refractivity contribution in [2.75, 3.05) is 0 Å². The minimum atomic E-state index is -0.493. The van der Waals surface area contributed by atoms with Crippen LogP contribution in [0.2, 0.25) is 0 Å². The summed E-state index contributed by atoms with van der Waals surface area (Å²) in [5, 5.41) is 19.1. The second kappa shape index (κ2) is 3.27. The van der Waals surface area contributed by atoms with Crippen LogP contribution in [-0.2, 0) is 0 Å². The summed E-state index contributed by atoms with van der Waals surface area (Å²) in [5.74, 6) is 0. The zero-order chi connectivity index (χ0) is 10.0. The molecule has 0 aliphatic heterocycles. The first-order valence-corrected chi connectivity index (χ1v) is 3.72. The first kappa shape index (κ1) is 9.26. The lowest BCUT2D eigenvalue weighted by atomic mass is 9.88. The summed E-state index contributed by atoms with van der Waals surface area (Å²) in [4.78, 5) is 9.94. The number of hydrogen-bond donors (Lipinski definition) is 0. The van der Waals surface area contributed by atoms with Gasteiger partial charge >= 0.3 is 0 Å². The van der Waals surface area contributed by atoms with E-state index < -0.39 is 4.92 Å². The fourth-order valence-corrected chi connectivity index (χ4v) is 1.06. The van der Waals surface area contributed by atoms with Crippen LogP contribution in [0.5, 0.6) is 0 Å². The zero-order valence-electron chi connectivity index (χ0n) is 7.37. The lowest BCUT2D eigenvalue weighted by Crippen LogP contribution is -2.10. The van der Waals surface area contributed by atoms with Crippen LogP contribution in [0.3, 0.4) is 0 Å². The molecule has 0 aliphatic rings. The van der Waals surface area contributed by atoms with Crippen molar-refractivity contribution in [2.45, 2.75) is 6.92 Å². The third kappa shape index (κ3) is 1.67. The summed E-state index contributed by atoms with van der Waals surface area (Å²) in [5.41, 5.74) is 1.91. The van der Waals surface area contributed by atoms with E-state index in [1.807, 2.05) is 6.07 Å². The molecule has 0 N–H and O–H groups in total. The second-order valence-corrected chi connectivity index (χ2v) is 2.80. The Hall–Kier alpha value is -1.83. The van der Waals surface area contributed by atoms with Crippen LogP contribution in [0.25, 0.3) is 0 Å². The molecule has 0 unspecified atom stereocenters. The normalized spacial score (nSPS) is 9.23. The quantitative estimate of drug-likeness (QED) is 0.342. The number of benzene rings is 1. The SMILES string of the molecule is Bc1cc([N+](=O)[O-])cc(C#N)c1C. The average molecular weight is 174 g/mol. The van der Waals surface area contributed by atoms with Crippen molar-refractivity contribution in [3.05, 3.63) is 33.4 Å². The van der Waals surface area contributed by atoms with Crippen LogP contribution in [0.4, 0.5) is 5.69 Å². The summed E-state index contributed by atoms with van der Waals surface area (Å²) in [7, 11) is 1.75.